The van der Waals surface area contributed by atoms with Gasteiger partial charge in [-0.25, -0.2) is 0 Å². The SMILES string of the molecule is [CH]=CCC=CCCCCCCCCCCC. The molecule has 0 aromatic carbocycles. The third-order valence-electron chi connectivity index (χ3n) is 2.91. The minimum absolute atomic E-state index is 0.914. The van der Waals surface area contributed by atoms with Crippen LogP contribution in [-0.2, 0) is 0 Å². The zero-order valence-electron chi connectivity index (χ0n) is 11.1. The fraction of sp³-hybridized carbons (Fsp3) is 0.750. The van der Waals surface area contributed by atoms with E-state index in [9.17, 15) is 0 Å². The molecule has 16 heavy (non-hydrogen) atoms. The summed E-state index contributed by atoms with van der Waals surface area (Å²) in [7, 11) is 0. The van der Waals surface area contributed by atoms with Crippen molar-refractivity contribution in [3.63, 3.8) is 0 Å². The van der Waals surface area contributed by atoms with Gasteiger partial charge in [-0.1, -0.05) is 83.1 Å². The molecule has 0 heteroatoms. The molecule has 0 spiro atoms. The van der Waals surface area contributed by atoms with E-state index < -0.39 is 0 Å². The molecule has 0 bridgehead atoms. The van der Waals surface area contributed by atoms with Crippen molar-refractivity contribution in [2.75, 3.05) is 0 Å². The van der Waals surface area contributed by atoms with Crippen LogP contribution in [-0.4, -0.2) is 0 Å². The molecule has 0 fully saturated rings. The molecular formula is C16H29. The second-order valence-electron chi connectivity index (χ2n) is 4.56. The summed E-state index contributed by atoms with van der Waals surface area (Å²) >= 11 is 0. The van der Waals surface area contributed by atoms with E-state index in [-0.39, 0.29) is 0 Å². The molecule has 0 amide bonds. The molecule has 0 N–H and O–H groups in total. The van der Waals surface area contributed by atoms with Crippen molar-refractivity contribution in [1.82, 2.24) is 0 Å². The largest absolute Gasteiger partial charge is 0.0882 e. The van der Waals surface area contributed by atoms with Crippen LogP contribution in [0.4, 0.5) is 0 Å². The smallest absolute Gasteiger partial charge is 0.0166 e. The number of hydrogen-bond donors (Lipinski definition) is 0. The first-order valence-electron chi connectivity index (χ1n) is 7.10. The first-order valence-corrected chi connectivity index (χ1v) is 7.10. The molecule has 0 aromatic heterocycles. The van der Waals surface area contributed by atoms with E-state index in [0.29, 0.717) is 0 Å². The number of unbranched alkanes of at least 4 members (excludes halogenated alkanes) is 9. The molecule has 0 saturated heterocycles. The maximum absolute atomic E-state index is 5.28. The fourth-order valence-electron chi connectivity index (χ4n) is 1.87. The van der Waals surface area contributed by atoms with Gasteiger partial charge in [0.25, 0.3) is 0 Å². The fourth-order valence-corrected chi connectivity index (χ4v) is 1.87. The average Bonchev–Trinajstić information content (AvgIpc) is 2.31. The first kappa shape index (κ1) is 15.5. The average molecular weight is 221 g/mol. The molecular weight excluding hydrogens is 192 g/mol. The molecule has 0 nitrogen and oxygen atoms in total. The normalized spacial score (nSPS) is 11.1. The molecule has 0 aliphatic heterocycles. The van der Waals surface area contributed by atoms with Crippen LogP contribution >= 0.6 is 0 Å². The highest BCUT2D eigenvalue weighted by Crippen LogP contribution is 2.10. The van der Waals surface area contributed by atoms with Gasteiger partial charge >= 0.3 is 0 Å². The van der Waals surface area contributed by atoms with Gasteiger partial charge in [0.2, 0.25) is 0 Å². The van der Waals surface area contributed by atoms with Crippen LogP contribution in [0.25, 0.3) is 0 Å². The zero-order valence-corrected chi connectivity index (χ0v) is 11.1. The topological polar surface area (TPSA) is 0 Å². The van der Waals surface area contributed by atoms with Crippen LogP contribution in [0.1, 0.15) is 77.6 Å². The van der Waals surface area contributed by atoms with Gasteiger partial charge in [0.05, 0.1) is 0 Å². The molecule has 0 aliphatic carbocycles. The van der Waals surface area contributed by atoms with Crippen molar-refractivity contribution in [3.05, 3.63) is 24.8 Å². The Morgan fingerprint density at radius 3 is 1.88 bits per heavy atom. The Balaban J connectivity index is 2.95. The predicted octanol–water partition coefficient (Wildman–Crippen LogP) is 5.84. The minimum Gasteiger partial charge on any atom is -0.0882 e. The third-order valence-corrected chi connectivity index (χ3v) is 2.91. The number of allylic oxidation sites excluding steroid dienone is 3. The van der Waals surface area contributed by atoms with E-state index in [2.05, 4.69) is 19.1 Å². The summed E-state index contributed by atoms with van der Waals surface area (Å²) in [5, 5.41) is 0. The van der Waals surface area contributed by atoms with E-state index in [4.69, 9.17) is 6.58 Å². The quantitative estimate of drug-likeness (QED) is 0.287. The Labute approximate surface area is 103 Å². The minimum atomic E-state index is 0.914. The van der Waals surface area contributed by atoms with Gasteiger partial charge in [0, 0.05) is 0 Å². The lowest BCUT2D eigenvalue weighted by Gasteiger charge is -2.00. The van der Waals surface area contributed by atoms with Gasteiger partial charge in [-0.05, 0) is 19.3 Å². The Hall–Kier alpha value is -0.520. The molecule has 0 rings (SSSR count). The van der Waals surface area contributed by atoms with Gasteiger partial charge in [0.1, 0.15) is 0 Å². The maximum atomic E-state index is 5.28. The zero-order chi connectivity index (χ0) is 11.9. The molecule has 0 unspecified atom stereocenters. The highest BCUT2D eigenvalue weighted by atomic mass is 14.0. The van der Waals surface area contributed by atoms with Crippen molar-refractivity contribution < 1.29 is 0 Å². The van der Waals surface area contributed by atoms with Gasteiger partial charge < -0.3 is 0 Å². The van der Waals surface area contributed by atoms with Crippen LogP contribution in [0.3, 0.4) is 0 Å². The lowest BCUT2D eigenvalue weighted by Crippen LogP contribution is -1.80. The monoisotopic (exact) mass is 221 g/mol. The Bertz CT molecular complexity index is 155. The number of rotatable bonds is 12. The highest BCUT2D eigenvalue weighted by molar-refractivity contribution is 4.86. The van der Waals surface area contributed by atoms with Crippen LogP contribution < -0.4 is 0 Å². The molecule has 0 aromatic rings. The second kappa shape index (κ2) is 14.5. The second-order valence-corrected chi connectivity index (χ2v) is 4.56. The first-order chi connectivity index (χ1) is 7.91. The van der Waals surface area contributed by atoms with E-state index in [0.717, 1.165) is 6.42 Å². The lowest BCUT2D eigenvalue weighted by atomic mass is 10.1. The Morgan fingerprint density at radius 1 is 0.750 bits per heavy atom. The molecule has 0 heterocycles. The summed E-state index contributed by atoms with van der Waals surface area (Å²) in [4.78, 5) is 0. The molecule has 0 atom stereocenters. The van der Waals surface area contributed by atoms with Crippen LogP contribution in [0, 0.1) is 6.58 Å². The van der Waals surface area contributed by atoms with Gasteiger partial charge in [-0.3, -0.25) is 0 Å². The summed E-state index contributed by atoms with van der Waals surface area (Å²) in [6, 6.07) is 0. The summed E-state index contributed by atoms with van der Waals surface area (Å²) in [5.74, 6) is 0. The maximum Gasteiger partial charge on any atom is -0.0166 e. The Kier molecular flexibility index (Phi) is 14.0. The number of hydrogen-bond acceptors (Lipinski definition) is 0. The summed E-state index contributed by atoms with van der Waals surface area (Å²) in [6.07, 6.45) is 20.9. The van der Waals surface area contributed by atoms with Crippen molar-refractivity contribution in [2.24, 2.45) is 0 Å². The van der Waals surface area contributed by atoms with E-state index in [1.54, 1.807) is 6.08 Å². The van der Waals surface area contributed by atoms with Crippen molar-refractivity contribution in [3.8, 4) is 0 Å². The van der Waals surface area contributed by atoms with E-state index in [1.165, 1.54) is 64.2 Å². The molecule has 1 radical (unpaired) electrons. The third kappa shape index (κ3) is 13.5. The van der Waals surface area contributed by atoms with Crippen LogP contribution in [0.15, 0.2) is 18.2 Å². The summed E-state index contributed by atoms with van der Waals surface area (Å²) < 4.78 is 0. The van der Waals surface area contributed by atoms with E-state index in [1.807, 2.05) is 0 Å². The molecule has 93 valence electrons. The van der Waals surface area contributed by atoms with Crippen LogP contribution in [0.5, 0.6) is 0 Å². The highest BCUT2D eigenvalue weighted by Gasteiger charge is 1.90. The molecule has 0 aliphatic rings. The Morgan fingerprint density at radius 2 is 1.31 bits per heavy atom. The lowest BCUT2D eigenvalue weighted by molar-refractivity contribution is 0.566. The standard InChI is InChI=1S/C16H29/c1-3-5-7-9-11-13-15-16-14-12-10-8-6-4-2/h1,3,7,9H,4-6,8,10-16H2,2H3. The summed E-state index contributed by atoms with van der Waals surface area (Å²) in [6.45, 7) is 7.56. The van der Waals surface area contributed by atoms with E-state index >= 15 is 0 Å². The molecule has 0 saturated carbocycles. The van der Waals surface area contributed by atoms with Crippen LogP contribution in [0.2, 0.25) is 0 Å². The van der Waals surface area contributed by atoms with Gasteiger partial charge in [0.15, 0.2) is 0 Å². The van der Waals surface area contributed by atoms with Crippen molar-refractivity contribution >= 4 is 0 Å². The van der Waals surface area contributed by atoms with Gasteiger partial charge in [-0.2, -0.15) is 0 Å². The summed E-state index contributed by atoms with van der Waals surface area (Å²) in [5.41, 5.74) is 0. The van der Waals surface area contributed by atoms with Crippen molar-refractivity contribution in [2.45, 2.75) is 77.6 Å². The van der Waals surface area contributed by atoms with Crippen molar-refractivity contribution in [1.29, 1.82) is 0 Å². The predicted molar refractivity (Wildman–Crippen MR) is 74.5 cm³/mol. The van der Waals surface area contributed by atoms with Gasteiger partial charge in [-0.15, -0.1) is 0 Å².